The molecule has 5 aromatic carbocycles. The zero-order valence-corrected chi connectivity index (χ0v) is 23.2. The molecule has 0 saturated heterocycles. The Morgan fingerprint density at radius 3 is 1.81 bits per heavy atom. The van der Waals surface area contributed by atoms with Crippen LogP contribution in [0.5, 0.6) is 0 Å². The summed E-state index contributed by atoms with van der Waals surface area (Å²) < 4.78 is 1.71. The maximum absolute atomic E-state index is 14.8. The lowest BCUT2D eigenvalue weighted by Gasteiger charge is -2.31. The number of Topliss-reactive ketones (excluding diaryl/α,β-unsaturated/α-hetero) is 1. The minimum atomic E-state index is -0.973. The number of para-hydroxylation sites is 1. The molecule has 0 bridgehead atoms. The highest BCUT2D eigenvalue weighted by atomic mass is 35.5. The largest absolute Gasteiger partial charge is 0.297 e. The highest BCUT2D eigenvalue weighted by Crippen LogP contribution is 2.33. The van der Waals surface area contributed by atoms with Gasteiger partial charge in [0.25, 0.3) is 5.91 Å². The molecule has 6 rings (SSSR count). The predicted octanol–water partition coefficient (Wildman–Crippen LogP) is 7.86. The van der Waals surface area contributed by atoms with Crippen molar-refractivity contribution < 1.29 is 9.59 Å². The van der Waals surface area contributed by atoms with E-state index in [4.69, 9.17) is 11.6 Å². The molecular weight excluding hydrogens is 544 g/mol. The zero-order valence-electron chi connectivity index (χ0n) is 22.4. The number of benzene rings is 5. The van der Waals surface area contributed by atoms with Gasteiger partial charge in [-0.1, -0.05) is 121 Å². The molecule has 0 aliphatic heterocycles. The summed E-state index contributed by atoms with van der Waals surface area (Å²) in [5.74, 6) is -0.162. The summed E-state index contributed by atoms with van der Waals surface area (Å²) in [7, 11) is 0. The molecule has 0 spiro atoms. The number of carbonyl (C=O) groups is 2. The number of halogens is 1. The second kappa shape index (κ2) is 12.0. The Hall–Kier alpha value is -5.33. The summed E-state index contributed by atoms with van der Waals surface area (Å²) in [6.45, 7) is 0. The molecule has 204 valence electrons. The first kappa shape index (κ1) is 26.9. The summed E-state index contributed by atoms with van der Waals surface area (Å²) in [5.41, 5.74) is 3.15. The highest BCUT2D eigenvalue weighted by molar-refractivity contribution is 6.30. The third kappa shape index (κ3) is 5.36. The van der Waals surface area contributed by atoms with Crippen molar-refractivity contribution in [3.63, 3.8) is 0 Å². The lowest BCUT2D eigenvalue weighted by Crippen LogP contribution is -2.40. The van der Waals surface area contributed by atoms with Gasteiger partial charge in [-0.2, -0.15) is 0 Å². The Kier molecular flexibility index (Phi) is 7.70. The lowest BCUT2D eigenvalue weighted by molar-refractivity contribution is 0.0890. The molecule has 1 amide bonds. The van der Waals surface area contributed by atoms with Crippen LogP contribution in [0.1, 0.15) is 32.6 Å². The van der Waals surface area contributed by atoms with E-state index in [9.17, 15) is 9.59 Å². The van der Waals surface area contributed by atoms with Crippen molar-refractivity contribution in [2.45, 2.75) is 6.04 Å². The van der Waals surface area contributed by atoms with Crippen molar-refractivity contribution in [2.24, 2.45) is 0 Å². The van der Waals surface area contributed by atoms with E-state index in [1.54, 1.807) is 28.8 Å². The van der Waals surface area contributed by atoms with Crippen molar-refractivity contribution in [1.82, 2.24) is 14.8 Å². The first-order valence-corrected chi connectivity index (χ1v) is 13.8. The molecule has 1 atom stereocenters. The molecule has 0 fully saturated rings. The van der Waals surface area contributed by atoms with Crippen LogP contribution < -0.4 is 4.90 Å². The molecule has 0 aliphatic carbocycles. The van der Waals surface area contributed by atoms with Crippen LogP contribution in [0.3, 0.4) is 0 Å². The molecule has 0 N–H and O–H groups in total. The molecule has 42 heavy (non-hydrogen) atoms. The highest BCUT2D eigenvalue weighted by Gasteiger charge is 2.36. The van der Waals surface area contributed by atoms with E-state index < -0.39 is 11.9 Å². The van der Waals surface area contributed by atoms with Gasteiger partial charge in [0.05, 0.1) is 0 Å². The molecular formula is C35H25ClN4O2. The van der Waals surface area contributed by atoms with Gasteiger partial charge < -0.3 is 0 Å². The number of hydrogen-bond acceptors (Lipinski definition) is 4. The van der Waals surface area contributed by atoms with Gasteiger partial charge in [0.1, 0.15) is 6.04 Å². The number of amides is 1. The van der Waals surface area contributed by atoms with Crippen LogP contribution in [-0.4, -0.2) is 26.5 Å². The molecule has 6 aromatic rings. The fourth-order valence-electron chi connectivity index (χ4n) is 4.92. The Morgan fingerprint density at radius 1 is 0.643 bits per heavy atom. The Balaban J connectivity index is 1.57. The molecule has 1 aromatic heterocycles. The van der Waals surface area contributed by atoms with Crippen molar-refractivity contribution in [3.05, 3.63) is 168 Å². The van der Waals surface area contributed by atoms with Gasteiger partial charge in [0, 0.05) is 27.5 Å². The fraction of sp³-hybridized carbons (Fsp3) is 0.0286. The van der Waals surface area contributed by atoms with Gasteiger partial charge >= 0.3 is 0 Å². The molecule has 1 heterocycles. The predicted molar refractivity (Wildman–Crippen MR) is 165 cm³/mol. The standard InChI is InChI=1S/C35H25ClN4O2/c36-28-21-23-30(24-22-28)40-33(27-17-9-3-10-18-27)37-38-34(40)35(42)39(29-19-11-4-12-20-29)31(25-13-5-1-6-14-25)32(41)26-15-7-2-8-16-26/h1-24,31H. The van der Waals surface area contributed by atoms with Crippen LogP contribution in [-0.2, 0) is 0 Å². The van der Waals surface area contributed by atoms with Gasteiger partial charge in [-0.3, -0.25) is 19.1 Å². The molecule has 1 unspecified atom stereocenters. The van der Waals surface area contributed by atoms with Gasteiger partial charge in [-0.05, 0) is 42.0 Å². The number of aromatic nitrogens is 3. The summed E-state index contributed by atoms with van der Waals surface area (Å²) in [6, 6.07) is 43.2. The molecule has 0 aliphatic rings. The van der Waals surface area contributed by atoms with Crippen molar-refractivity contribution >= 4 is 29.0 Å². The van der Waals surface area contributed by atoms with Crippen molar-refractivity contribution in [1.29, 1.82) is 0 Å². The van der Waals surface area contributed by atoms with Crippen LogP contribution in [0.2, 0.25) is 5.02 Å². The van der Waals surface area contributed by atoms with Crippen LogP contribution in [0.4, 0.5) is 5.69 Å². The summed E-state index contributed by atoms with van der Waals surface area (Å²) in [5, 5.41) is 9.45. The number of ketones is 1. The van der Waals surface area contributed by atoms with Gasteiger partial charge in [0.2, 0.25) is 5.82 Å². The van der Waals surface area contributed by atoms with E-state index in [2.05, 4.69) is 10.2 Å². The summed E-state index contributed by atoms with van der Waals surface area (Å²) in [6.07, 6.45) is 0. The number of anilines is 1. The van der Waals surface area contributed by atoms with E-state index in [-0.39, 0.29) is 11.6 Å². The molecule has 0 radical (unpaired) electrons. The summed E-state index contributed by atoms with van der Waals surface area (Å²) >= 11 is 6.21. The second-order valence-electron chi connectivity index (χ2n) is 9.58. The molecule has 0 saturated carbocycles. The first-order valence-electron chi connectivity index (χ1n) is 13.4. The van der Waals surface area contributed by atoms with Gasteiger partial charge in [-0.25, -0.2) is 0 Å². The average molecular weight is 569 g/mol. The van der Waals surface area contributed by atoms with Crippen LogP contribution in [0, 0.1) is 0 Å². The van der Waals surface area contributed by atoms with Gasteiger partial charge in [0.15, 0.2) is 11.6 Å². The normalized spacial score (nSPS) is 11.5. The number of carbonyl (C=O) groups excluding carboxylic acids is 2. The fourth-order valence-corrected chi connectivity index (χ4v) is 5.05. The molecule has 7 heteroatoms. The van der Waals surface area contributed by atoms with Crippen molar-refractivity contribution in [2.75, 3.05) is 4.90 Å². The van der Waals surface area contributed by atoms with E-state index in [0.717, 1.165) is 5.56 Å². The van der Waals surface area contributed by atoms with Gasteiger partial charge in [-0.15, -0.1) is 10.2 Å². The average Bonchev–Trinajstić information content (AvgIpc) is 3.50. The SMILES string of the molecule is O=C(c1ccccc1)C(c1ccccc1)N(C(=O)c1nnc(-c2ccccc2)n1-c1ccc(Cl)cc1)c1ccccc1. The van der Waals surface area contributed by atoms with E-state index in [0.29, 0.717) is 33.3 Å². The summed E-state index contributed by atoms with van der Waals surface area (Å²) in [4.78, 5) is 30.6. The Labute approximate surface area is 248 Å². The van der Waals surface area contributed by atoms with E-state index >= 15 is 0 Å². The van der Waals surface area contributed by atoms with E-state index in [1.165, 1.54) is 4.90 Å². The van der Waals surface area contributed by atoms with Crippen LogP contribution in [0.15, 0.2) is 146 Å². The topological polar surface area (TPSA) is 68.1 Å². The minimum Gasteiger partial charge on any atom is -0.291 e. The Morgan fingerprint density at radius 2 is 1.19 bits per heavy atom. The number of nitrogens with zero attached hydrogens (tertiary/aromatic N) is 4. The Bertz CT molecular complexity index is 1810. The third-order valence-corrected chi connectivity index (χ3v) is 7.16. The number of hydrogen-bond donors (Lipinski definition) is 0. The third-order valence-electron chi connectivity index (χ3n) is 6.90. The monoisotopic (exact) mass is 568 g/mol. The maximum atomic E-state index is 14.8. The second-order valence-corrected chi connectivity index (χ2v) is 10.0. The molecule has 6 nitrogen and oxygen atoms in total. The van der Waals surface area contributed by atoms with Crippen LogP contribution >= 0.6 is 11.6 Å². The minimum absolute atomic E-state index is 0.0572. The smallest absolute Gasteiger partial charge is 0.291 e. The van der Waals surface area contributed by atoms with E-state index in [1.807, 2.05) is 121 Å². The zero-order chi connectivity index (χ0) is 28.9. The number of rotatable bonds is 8. The quantitative estimate of drug-likeness (QED) is 0.175. The van der Waals surface area contributed by atoms with Crippen molar-refractivity contribution in [3.8, 4) is 17.1 Å². The first-order chi connectivity index (χ1) is 20.6. The van der Waals surface area contributed by atoms with Crippen LogP contribution in [0.25, 0.3) is 17.1 Å². The maximum Gasteiger partial charge on any atom is 0.297 e. The lowest BCUT2D eigenvalue weighted by atomic mass is 9.95.